The molecule has 0 bridgehead atoms. The molecule has 0 aliphatic carbocycles. The monoisotopic (exact) mass is 782 g/mol. The second kappa shape index (κ2) is 14.8. The number of aromatic hydroxyl groups is 1. The van der Waals surface area contributed by atoms with E-state index in [0.717, 1.165) is 16.8 Å². The SMILES string of the molecule is COc1cncnc1N1CCN(C(=O)[C@@H](Cc2cc(Br)c(O)c(Br)c2)NC(=O)N2CCC(n3cc(-c4ccccc4)[nH]c3=O)CC2)CC1. The van der Waals surface area contributed by atoms with E-state index in [1.807, 2.05) is 36.5 Å². The highest BCUT2D eigenvalue weighted by Gasteiger charge is 2.33. The Morgan fingerprint density at radius 3 is 2.40 bits per heavy atom. The average Bonchev–Trinajstić information content (AvgIpc) is 3.51. The molecule has 2 aromatic carbocycles. The predicted octanol–water partition coefficient (Wildman–Crippen LogP) is 4.18. The predicted molar refractivity (Wildman–Crippen MR) is 187 cm³/mol. The number of urea groups is 1. The molecule has 0 unspecified atom stereocenters. The number of hydrogen-bond donors (Lipinski definition) is 3. The molecule has 6 rings (SSSR count). The minimum atomic E-state index is -0.848. The number of ether oxygens (including phenoxy) is 1. The van der Waals surface area contributed by atoms with E-state index in [-0.39, 0.29) is 35.8 Å². The zero-order chi connectivity index (χ0) is 33.8. The Bertz CT molecular complexity index is 1790. The normalized spacial score (nSPS) is 16.1. The number of nitrogens with one attached hydrogen (secondary N) is 2. The summed E-state index contributed by atoms with van der Waals surface area (Å²) in [4.78, 5) is 57.3. The van der Waals surface area contributed by atoms with Gasteiger partial charge in [0.25, 0.3) is 0 Å². The third-order valence-electron chi connectivity index (χ3n) is 8.86. The smallest absolute Gasteiger partial charge is 0.326 e. The lowest BCUT2D eigenvalue weighted by molar-refractivity contribution is -0.133. The summed E-state index contributed by atoms with van der Waals surface area (Å²) in [6.07, 6.45) is 6.35. The van der Waals surface area contributed by atoms with Crippen LogP contribution in [0.5, 0.6) is 11.5 Å². The highest BCUT2D eigenvalue weighted by Crippen LogP contribution is 2.34. The Labute approximate surface area is 294 Å². The summed E-state index contributed by atoms with van der Waals surface area (Å²) in [5, 5.41) is 13.3. The van der Waals surface area contributed by atoms with E-state index < -0.39 is 6.04 Å². The van der Waals surface area contributed by atoms with E-state index in [4.69, 9.17) is 4.74 Å². The molecule has 0 spiro atoms. The molecule has 48 heavy (non-hydrogen) atoms. The van der Waals surface area contributed by atoms with Crippen molar-refractivity contribution in [3.8, 4) is 22.8 Å². The molecule has 15 heteroatoms. The molecule has 0 saturated carbocycles. The Morgan fingerprint density at radius 2 is 1.73 bits per heavy atom. The first kappa shape index (κ1) is 33.5. The molecule has 2 fully saturated rings. The van der Waals surface area contributed by atoms with Gasteiger partial charge >= 0.3 is 11.7 Å². The lowest BCUT2D eigenvalue weighted by Gasteiger charge is -2.38. The van der Waals surface area contributed by atoms with E-state index in [0.29, 0.717) is 72.6 Å². The number of piperidine rings is 1. The van der Waals surface area contributed by atoms with E-state index in [9.17, 15) is 19.5 Å². The van der Waals surface area contributed by atoms with Crippen LogP contribution in [0.25, 0.3) is 11.3 Å². The third-order valence-corrected chi connectivity index (χ3v) is 10.1. The number of carbonyl (C=O) groups excluding carboxylic acids is 2. The molecule has 4 aromatic rings. The largest absolute Gasteiger partial charge is 0.506 e. The van der Waals surface area contributed by atoms with Crippen molar-refractivity contribution < 1.29 is 19.4 Å². The number of halogens is 2. The maximum Gasteiger partial charge on any atom is 0.326 e. The van der Waals surface area contributed by atoms with Gasteiger partial charge in [-0.05, 0) is 68.0 Å². The van der Waals surface area contributed by atoms with Gasteiger partial charge in [0.1, 0.15) is 18.1 Å². The van der Waals surface area contributed by atoms with Gasteiger partial charge in [-0.25, -0.2) is 19.6 Å². The molecule has 2 saturated heterocycles. The number of phenols is 1. The Morgan fingerprint density at radius 1 is 1.04 bits per heavy atom. The minimum absolute atomic E-state index is 0.0517. The van der Waals surface area contributed by atoms with Crippen LogP contribution in [0.3, 0.4) is 0 Å². The molecule has 1 atom stereocenters. The van der Waals surface area contributed by atoms with Crippen LogP contribution in [0.4, 0.5) is 10.6 Å². The van der Waals surface area contributed by atoms with Crippen LogP contribution in [0.2, 0.25) is 0 Å². The zero-order valence-corrected chi connectivity index (χ0v) is 29.5. The van der Waals surface area contributed by atoms with Crippen molar-refractivity contribution in [1.29, 1.82) is 0 Å². The molecule has 2 aromatic heterocycles. The summed E-state index contributed by atoms with van der Waals surface area (Å²) in [6.45, 7) is 2.81. The number of hydrogen-bond acceptors (Lipinski definition) is 8. The van der Waals surface area contributed by atoms with Crippen LogP contribution >= 0.6 is 31.9 Å². The summed E-state index contributed by atoms with van der Waals surface area (Å²) in [5.74, 6) is 1.10. The molecule has 13 nitrogen and oxygen atoms in total. The molecule has 252 valence electrons. The van der Waals surface area contributed by atoms with Crippen LogP contribution in [-0.4, -0.2) is 98.8 Å². The molecular weight excluding hydrogens is 748 g/mol. The minimum Gasteiger partial charge on any atom is -0.506 e. The van der Waals surface area contributed by atoms with Crippen LogP contribution in [-0.2, 0) is 11.2 Å². The van der Waals surface area contributed by atoms with Gasteiger partial charge in [-0.15, -0.1) is 0 Å². The molecule has 2 aliphatic rings. The first-order valence-corrected chi connectivity index (χ1v) is 17.3. The lowest BCUT2D eigenvalue weighted by atomic mass is 10.0. The number of H-pyrrole nitrogens is 1. The van der Waals surface area contributed by atoms with Gasteiger partial charge in [0.2, 0.25) is 5.91 Å². The van der Waals surface area contributed by atoms with Gasteiger partial charge in [-0.1, -0.05) is 30.3 Å². The van der Waals surface area contributed by atoms with Crippen LogP contribution in [0, 0.1) is 0 Å². The Kier molecular flexibility index (Phi) is 10.3. The zero-order valence-electron chi connectivity index (χ0n) is 26.3. The van der Waals surface area contributed by atoms with Gasteiger partial charge in [-0.2, -0.15) is 0 Å². The number of piperazine rings is 1. The quantitative estimate of drug-likeness (QED) is 0.241. The van der Waals surface area contributed by atoms with Gasteiger partial charge in [0.05, 0.1) is 27.9 Å². The number of rotatable bonds is 8. The summed E-state index contributed by atoms with van der Waals surface area (Å²) in [7, 11) is 1.57. The second-order valence-corrected chi connectivity index (χ2v) is 13.5. The number of aromatic nitrogens is 4. The van der Waals surface area contributed by atoms with E-state index in [1.165, 1.54) is 6.33 Å². The van der Waals surface area contributed by atoms with Crippen molar-refractivity contribution in [2.45, 2.75) is 31.3 Å². The van der Waals surface area contributed by atoms with Crippen molar-refractivity contribution >= 4 is 49.6 Å². The van der Waals surface area contributed by atoms with E-state index in [1.54, 1.807) is 39.8 Å². The number of imidazole rings is 1. The van der Waals surface area contributed by atoms with Gasteiger partial charge in [0.15, 0.2) is 11.6 Å². The van der Waals surface area contributed by atoms with Gasteiger partial charge in [-0.3, -0.25) is 9.36 Å². The fourth-order valence-corrected chi connectivity index (χ4v) is 7.54. The van der Waals surface area contributed by atoms with Crippen LogP contribution in [0.15, 0.2) is 74.9 Å². The van der Waals surface area contributed by atoms with Crippen molar-refractivity contribution in [1.82, 2.24) is 34.6 Å². The fraction of sp³-hybridized carbons (Fsp3) is 0.364. The number of benzene rings is 2. The summed E-state index contributed by atoms with van der Waals surface area (Å²) < 4.78 is 8.11. The molecule has 3 amide bonds. The fourth-order valence-electron chi connectivity index (χ4n) is 6.26. The van der Waals surface area contributed by atoms with Crippen molar-refractivity contribution in [3.63, 3.8) is 0 Å². The number of methoxy groups -OCH3 is 1. The lowest BCUT2D eigenvalue weighted by Crippen LogP contribution is -2.57. The maximum atomic E-state index is 14.0. The number of anilines is 1. The average molecular weight is 785 g/mol. The topological polar surface area (TPSA) is 149 Å². The number of carbonyl (C=O) groups is 2. The van der Waals surface area contributed by atoms with Crippen LogP contribution < -0.4 is 20.6 Å². The number of amides is 3. The maximum absolute atomic E-state index is 14.0. The van der Waals surface area contributed by atoms with Crippen molar-refractivity contribution in [2.24, 2.45) is 0 Å². The molecule has 3 N–H and O–H groups in total. The Hall–Kier alpha value is -4.37. The highest BCUT2D eigenvalue weighted by atomic mass is 79.9. The second-order valence-electron chi connectivity index (χ2n) is 11.8. The van der Waals surface area contributed by atoms with Crippen molar-refractivity contribution in [3.05, 3.63) is 86.2 Å². The van der Waals surface area contributed by atoms with Gasteiger partial charge < -0.3 is 34.8 Å². The van der Waals surface area contributed by atoms with Gasteiger partial charge in [0, 0.05) is 57.9 Å². The molecule has 0 radical (unpaired) electrons. The number of phenolic OH excluding ortho intramolecular Hbond substituents is 1. The standard InChI is InChI=1S/C33H36Br2N8O5/c1-48-28-18-36-20-37-30(28)40-11-13-41(14-12-40)31(45)26(17-21-15-24(34)29(44)25(35)16-21)38-32(46)42-9-7-23(8-10-42)43-19-27(39-33(43)47)22-5-3-2-4-6-22/h2-6,15-16,18-20,23,26,44H,7-14,17H2,1H3,(H,38,46)(H,39,47)/t26-/m1/s1. The van der Waals surface area contributed by atoms with Crippen LogP contribution in [0.1, 0.15) is 24.4 Å². The molecular formula is C33H36Br2N8O5. The summed E-state index contributed by atoms with van der Waals surface area (Å²) in [5.41, 5.74) is 2.27. The first-order valence-electron chi connectivity index (χ1n) is 15.7. The third kappa shape index (κ3) is 7.36. The number of likely N-dealkylation sites (tertiary alicyclic amines) is 1. The summed E-state index contributed by atoms with van der Waals surface area (Å²) >= 11 is 6.75. The first-order chi connectivity index (χ1) is 23.2. The summed E-state index contributed by atoms with van der Waals surface area (Å²) in [6, 6.07) is 11.9. The molecule has 2 aliphatic heterocycles. The molecule has 4 heterocycles. The number of nitrogens with zero attached hydrogens (tertiary/aromatic N) is 6. The van der Waals surface area contributed by atoms with Crippen molar-refractivity contribution in [2.75, 3.05) is 51.3 Å². The highest BCUT2D eigenvalue weighted by molar-refractivity contribution is 9.11. The van der Waals surface area contributed by atoms with E-state index in [2.05, 4.69) is 57.0 Å². The Balaban J connectivity index is 1.13. The number of aromatic amines is 1. The van der Waals surface area contributed by atoms with E-state index >= 15 is 0 Å².